The van der Waals surface area contributed by atoms with Gasteiger partial charge in [-0.05, 0) is 23.3 Å². The van der Waals surface area contributed by atoms with E-state index in [4.69, 9.17) is 16.0 Å². The molecule has 1 saturated heterocycles. The zero-order valence-electron chi connectivity index (χ0n) is 18.0. The number of para-hydroxylation sites is 1. The van der Waals surface area contributed by atoms with Gasteiger partial charge in [0.15, 0.2) is 5.58 Å². The Morgan fingerprint density at radius 3 is 2.03 bits per heavy atom. The van der Waals surface area contributed by atoms with Gasteiger partial charge >= 0.3 is 5.63 Å². The molecule has 2 heterocycles. The second kappa shape index (κ2) is 9.22. The monoisotopic (exact) mass is 458 g/mol. The number of carbonyl (C=O) groups excluding carboxylic acids is 1. The standard InChI is InChI=1S/C27H23ClN2O3/c28-23-13-7-12-21-18-22(27(32)33-25(21)23)26(31)30-16-14-29(15-17-30)24(19-8-3-1-4-9-19)20-10-5-2-6-11-20/h1-13,18,24H,14-17H2. The number of benzene rings is 3. The highest BCUT2D eigenvalue weighted by Gasteiger charge is 2.29. The van der Waals surface area contributed by atoms with Crippen LogP contribution in [0.15, 0.2) is 94.1 Å². The minimum atomic E-state index is -0.658. The molecule has 1 aliphatic rings. The van der Waals surface area contributed by atoms with Crippen molar-refractivity contribution in [2.24, 2.45) is 0 Å². The van der Waals surface area contributed by atoms with Gasteiger partial charge in [0.1, 0.15) is 5.56 Å². The fraction of sp³-hybridized carbons (Fsp3) is 0.185. The van der Waals surface area contributed by atoms with Crippen LogP contribution in [0.1, 0.15) is 27.5 Å². The fourth-order valence-corrected chi connectivity index (χ4v) is 4.72. The summed E-state index contributed by atoms with van der Waals surface area (Å²) in [6.07, 6.45) is 0. The third kappa shape index (κ3) is 4.30. The molecule has 5 nitrogen and oxygen atoms in total. The molecule has 1 aromatic heterocycles. The van der Waals surface area contributed by atoms with Crippen molar-refractivity contribution >= 4 is 28.5 Å². The van der Waals surface area contributed by atoms with Crippen LogP contribution in [-0.4, -0.2) is 41.9 Å². The summed E-state index contributed by atoms with van der Waals surface area (Å²) < 4.78 is 5.37. The first kappa shape index (κ1) is 21.4. The highest BCUT2D eigenvalue weighted by atomic mass is 35.5. The first-order valence-corrected chi connectivity index (χ1v) is 11.4. The molecule has 1 fully saturated rings. The molecular weight excluding hydrogens is 436 g/mol. The SMILES string of the molecule is O=C(c1cc2cccc(Cl)c2oc1=O)N1CCN(C(c2ccccc2)c2ccccc2)CC1. The van der Waals surface area contributed by atoms with Gasteiger partial charge in [0, 0.05) is 31.6 Å². The molecule has 0 N–H and O–H groups in total. The van der Waals surface area contributed by atoms with Crippen LogP contribution in [0.5, 0.6) is 0 Å². The summed E-state index contributed by atoms with van der Waals surface area (Å²) in [4.78, 5) is 29.8. The lowest BCUT2D eigenvalue weighted by atomic mass is 9.96. The molecular formula is C27H23ClN2O3. The average molecular weight is 459 g/mol. The molecule has 33 heavy (non-hydrogen) atoms. The number of hydrogen-bond acceptors (Lipinski definition) is 4. The molecule has 1 amide bonds. The fourth-order valence-electron chi connectivity index (χ4n) is 4.50. The summed E-state index contributed by atoms with van der Waals surface area (Å²) in [6, 6.07) is 27.7. The van der Waals surface area contributed by atoms with Crippen LogP contribution in [-0.2, 0) is 0 Å². The smallest absolute Gasteiger partial charge is 0.349 e. The van der Waals surface area contributed by atoms with Crippen molar-refractivity contribution in [3.8, 4) is 0 Å². The van der Waals surface area contributed by atoms with Crippen molar-refractivity contribution in [3.05, 3.63) is 117 Å². The number of fused-ring (bicyclic) bond motifs is 1. The Hall–Kier alpha value is -3.41. The summed E-state index contributed by atoms with van der Waals surface area (Å²) in [7, 11) is 0. The number of amides is 1. The van der Waals surface area contributed by atoms with Gasteiger partial charge in [0.05, 0.1) is 11.1 Å². The van der Waals surface area contributed by atoms with Gasteiger partial charge in [-0.3, -0.25) is 9.69 Å². The Labute approximate surface area is 196 Å². The molecule has 166 valence electrons. The van der Waals surface area contributed by atoms with Gasteiger partial charge < -0.3 is 9.32 Å². The minimum Gasteiger partial charge on any atom is -0.421 e. The minimum absolute atomic E-state index is 0.0425. The molecule has 0 spiro atoms. The van der Waals surface area contributed by atoms with Crippen LogP contribution in [0, 0.1) is 0 Å². The van der Waals surface area contributed by atoms with Gasteiger partial charge in [-0.1, -0.05) is 84.4 Å². The lowest BCUT2D eigenvalue weighted by Crippen LogP contribution is -2.50. The summed E-state index contributed by atoms with van der Waals surface area (Å²) in [5.41, 5.74) is 2.13. The molecule has 0 unspecified atom stereocenters. The molecule has 3 aromatic carbocycles. The van der Waals surface area contributed by atoms with Gasteiger partial charge in [-0.2, -0.15) is 0 Å². The Balaban J connectivity index is 1.37. The van der Waals surface area contributed by atoms with Crippen LogP contribution >= 0.6 is 11.6 Å². The number of carbonyl (C=O) groups is 1. The van der Waals surface area contributed by atoms with E-state index in [9.17, 15) is 9.59 Å². The maximum Gasteiger partial charge on any atom is 0.349 e. The lowest BCUT2D eigenvalue weighted by molar-refractivity contribution is 0.0593. The maximum absolute atomic E-state index is 13.2. The van der Waals surface area contributed by atoms with E-state index < -0.39 is 5.63 Å². The average Bonchev–Trinajstić information content (AvgIpc) is 2.86. The summed E-state index contributed by atoms with van der Waals surface area (Å²) in [5, 5.41) is 0.988. The van der Waals surface area contributed by atoms with Gasteiger partial charge in [-0.25, -0.2) is 4.79 Å². The largest absolute Gasteiger partial charge is 0.421 e. The van der Waals surface area contributed by atoms with E-state index >= 15 is 0 Å². The number of hydrogen-bond donors (Lipinski definition) is 0. The van der Waals surface area contributed by atoms with Gasteiger partial charge in [0.2, 0.25) is 0 Å². The zero-order chi connectivity index (χ0) is 22.8. The van der Waals surface area contributed by atoms with Crippen LogP contribution in [0.2, 0.25) is 5.02 Å². The van der Waals surface area contributed by atoms with E-state index in [1.54, 1.807) is 29.2 Å². The van der Waals surface area contributed by atoms with Crippen LogP contribution in [0.3, 0.4) is 0 Å². The van der Waals surface area contributed by atoms with Crippen molar-refractivity contribution in [1.29, 1.82) is 0 Å². The molecule has 0 radical (unpaired) electrons. The first-order chi connectivity index (χ1) is 16.1. The highest BCUT2D eigenvalue weighted by Crippen LogP contribution is 2.30. The van der Waals surface area contributed by atoms with Crippen LogP contribution in [0.4, 0.5) is 0 Å². The molecule has 0 aliphatic carbocycles. The summed E-state index contributed by atoms with van der Waals surface area (Å²) in [6.45, 7) is 2.46. The third-order valence-electron chi connectivity index (χ3n) is 6.14. The maximum atomic E-state index is 13.2. The Morgan fingerprint density at radius 1 is 0.818 bits per heavy atom. The van der Waals surface area contributed by atoms with Crippen molar-refractivity contribution in [1.82, 2.24) is 9.80 Å². The Kier molecular flexibility index (Phi) is 5.99. The normalized spacial score (nSPS) is 14.7. The molecule has 5 rings (SSSR count). The molecule has 0 saturated carbocycles. The highest BCUT2D eigenvalue weighted by molar-refractivity contribution is 6.34. The molecule has 0 atom stereocenters. The van der Waals surface area contributed by atoms with E-state index in [1.807, 2.05) is 12.1 Å². The van der Waals surface area contributed by atoms with Crippen LogP contribution in [0.25, 0.3) is 11.0 Å². The molecule has 6 heteroatoms. The van der Waals surface area contributed by atoms with Gasteiger partial charge in [-0.15, -0.1) is 0 Å². The Bertz CT molecular complexity index is 1290. The topological polar surface area (TPSA) is 53.8 Å². The quantitative estimate of drug-likeness (QED) is 0.404. The predicted molar refractivity (Wildman–Crippen MR) is 130 cm³/mol. The van der Waals surface area contributed by atoms with Crippen molar-refractivity contribution < 1.29 is 9.21 Å². The molecule has 1 aliphatic heterocycles. The number of nitrogens with zero attached hydrogens (tertiary/aromatic N) is 2. The van der Waals surface area contributed by atoms with E-state index in [0.717, 1.165) is 0 Å². The second-order valence-corrected chi connectivity index (χ2v) is 8.56. The van der Waals surface area contributed by atoms with Crippen molar-refractivity contribution in [2.45, 2.75) is 6.04 Å². The van der Waals surface area contributed by atoms with E-state index in [2.05, 4.69) is 53.4 Å². The van der Waals surface area contributed by atoms with Crippen molar-refractivity contribution in [3.63, 3.8) is 0 Å². The predicted octanol–water partition coefficient (Wildman–Crippen LogP) is 4.99. The number of halogens is 1. The third-order valence-corrected chi connectivity index (χ3v) is 6.44. The van der Waals surface area contributed by atoms with E-state index in [1.165, 1.54) is 11.1 Å². The second-order valence-electron chi connectivity index (χ2n) is 8.16. The van der Waals surface area contributed by atoms with Gasteiger partial charge in [0.25, 0.3) is 5.91 Å². The zero-order valence-corrected chi connectivity index (χ0v) is 18.7. The van der Waals surface area contributed by atoms with E-state index in [0.29, 0.717) is 42.2 Å². The van der Waals surface area contributed by atoms with E-state index in [-0.39, 0.29) is 17.5 Å². The summed E-state index contributed by atoms with van der Waals surface area (Å²) in [5.74, 6) is -0.304. The van der Waals surface area contributed by atoms with Crippen molar-refractivity contribution in [2.75, 3.05) is 26.2 Å². The number of rotatable bonds is 4. The van der Waals surface area contributed by atoms with Crippen LogP contribution < -0.4 is 5.63 Å². The summed E-state index contributed by atoms with van der Waals surface area (Å²) >= 11 is 6.12. The molecule has 0 bridgehead atoms. The molecule has 4 aromatic rings. The lowest BCUT2D eigenvalue weighted by Gasteiger charge is -2.39. The first-order valence-electron chi connectivity index (χ1n) is 11.0. The Morgan fingerprint density at radius 2 is 1.42 bits per heavy atom. The number of piperazine rings is 1.